The first kappa shape index (κ1) is 16.3. The zero-order valence-corrected chi connectivity index (χ0v) is 12.4. The van der Waals surface area contributed by atoms with Crippen molar-refractivity contribution < 1.29 is 9.13 Å². The van der Waals surface area contributed by atoms with Crippen molar-refractivity contribution in [3.63, 3.8) is 0 Å². The lowest BCUT2D eigenvalue weighted by molar-refractivity contribution is 0.321. The quantitative estimate of drug-likeness (QED) is 0.431. The van der Waals surface area contributed by atoms with Gasteiger partial charge in [-0.3, -0.25) is 0 Å². The molecule has 0 aromatic heterocycles. The van der Waals surface area contributed by atoms with Gasteiger partial charge in [0.05, 0.1) is 12.3 Å². The zero-order valence-electron chi connectivity index (χ0n) is 12.4. The van der Waals surface area contributed by atoms with Crippen LogP contribution >= 0.6 is 0 Å². The van der Waals surface area contributed by atoms with Gasteiger partial charge in [-0.15, -0.1) is 0 Å². The predicted molar refractivity (Wildman–Crippen MR) is 86.1 cm³/mol. The maximum absolute atomic E-state index is 13.1. The Labute approximate surface area is 133 Å². The highest BCUT2D eigenvalue weighted by Crippen LogP contribution is 2.19. The Bertz CT molecular complexity index is 752. The summed E-state index contributed by atoms with van der Waals surface area (Å²) in [6.45, 7) is 0.400. The van der Waals surface area contributed by atoms with Crippen molar-refractivity contribution in [3.05, 3.63) is 71.2 Å². The van der Waals surface area contributed by atoms with Crippen molar-refractivity contribution >= 4 is 5.70 Å². The van der Waals surface area contributed by atoms with Crippen LogP contribution in [0.1, 0.15) is 11.1 Å². The van der Waals surface area contributed by atoms with Gasteiger partial charge in [-0.25, -0.2) is 10.2 Å². The predicted octanol–water partition coefficient (Wildman–Crippen LogP) is 2.06. The topological polar surface area (TPSA) is 97.1 Å². The SMILES string of the molecule is N#C/C(NN)=C(/N)c1cccc(OCCc2cccc(F)c2)c1. The number of nitriles is 1. The van der Waals surface area contributed by atoms with Crippen molar-refractivity contribution in [1.29, 1.82) is 5.26 Å². The number of rotatable bonds is 6. The van der Waals surface area contributed by atoms with Gasteiger partial charge in [0, 0.05) is 12.0 Å². The standard InChI is InChI=1S/C17H17FN4O/c18-14-5-1-3-12(9-14)7-8-23-15-6-2-4-13(10-15)17(20)16(11-19)22-21/h1-6,9-10,22H,7-8,20-21H2/b17-16-. The number of halogens is 1. The molecule has 0 aliphatic rings. The molecule has 0 radical (unpaired) electrons. The van der Waals surface area contributed by atoms with Crippen LogP contribution in [-0.4, -0.2) is 6.61 Å². The Morgan fingerprint density at radius 2 is 2.00 bits per heavy atom. The number of allylic oxidation sites excluding steroid dienone is 1. The molecule has 0 unspecified atom stereocenters. The molecule has 0 atom stereocenters. The summed E-state index contributed by atoms with van der Waals surface area (Å²) in [5.41, 5.74) is 9.95. The molecule has 0 saturated carbocycles. The summed E-state index contributed by atoms with van der Waals surface area (Å²) in [5, 5.41) is 8.92. The van der Waals surface area contributed by atoms with Crippen LogP contribution in [-0.2, 0) is 6.42 Å². The molecule has 0 aliphatic heterocycles. The minimum atomic E-state index is -0.263. The molecule has 5 nitrogen and oxygen atoms in total. The zero-order chi connectivity index (χ0) is 16.7. The van der Waals surface area contributed by atoms with Crippen molar-refractivity contribution in [2.75, 3.05) is 6.61 Å². The van der Waals surface area contributed by atoms with Crippen molar-refractivity contribution in [1.82, 2.24) is 5.43 Å². The van der Waals surface area contributed by atoms with Crippen LogP contribution in [0.2, 0.25) is 0 Å². The van der Waals surface area contributed by atoms with Gasteiger partial charge in [-0.05, 0) is 29.8 Å². The normalized spacial score (nSPS) is 11.3. The summed E-state index contributed by atoms with van der Waals surface area (Å²) < 4.78 is 18.8. The highest BCUT2D eigenvalue weighted by molar-refractivity contribution is 5.69. The van der Waals surface area contributed by atoms with Gasteiger partial charge in [0.15, 0.2) is 5.70 Å². The smallest absolute Gasteiger partial charge is 0.151 e. The number of hydrogen-bond acceptors (Lipinski definition) is 5. The number of ether oxygens (including phenoxy) is 1. The first-order valence-corrected chi connectivity index (χ1v) is 6.98. The van der Waals surface area contributed by atoms with Gasteiger partial charge in [-0.1, -0.05) is 24.3 Å². The Morgan fingerprint density at radius 1 is 1.22 bits per heavy atom. The van der Waals surface area contributed by atoms with Crippen LogP contribution in [0.4, 0.5) is 4.39 Å². The summed E-state index contributed by atoms with van der Waals surface area (Å²) in [4.78, 5) is 0. The first-order valence-electron chi connectivity index (χ1n) is 6.98. The maximum Gasteiger partial charge on any atom is 0.151 e. The van der Waals surface area contributed by atoms with Gasteiger partial charge in [-0.2, -0.15) is 5.26 Å². The Kier molecular flexibility index (Phi) is 5.56. The molecule has 2 rings (SSSR count). The Hall–Kier alpha value is -3.04. The molecule has 0 heterocycles. The number of nitrogens with one attached hydrogen (secondary N) is 1. The minimum absolute atomic E-state index is 0.0851. The molecule has 23 heavy (non-hydrogen) atoms. The molecular weight excluding hydrogens is 295 g/mol. The molecule has 0 fully saturated rings. The van der Waals surface area contributed by atoms with Gasteiger partial charge in [0.1, 0.15) is 17.6 Å². The third-order valence-electron chi connectivity index (χ3n) is 3.22. The van der Waals surface area contributed by atoms with E-state index in [-0.39, 0.29) is 17.2 Å². The summed E-state index contributed by atoms with van der Waals surface area (Å²) in [6, 6.07) is 15.3. The van der Waals surface area contributed by atoms with Crippen LogP contribution in [0.15, 0.2) is 54.2 Å². The van der Waals surface area contributed by atoms with E-state index in [4.69, 9.17) is 21.6 Å². The number of hydrazine groups is 1. The lowest BCUT2D eigenvalue weighted by atomic mass is 10.1. The largest absolute Gasteiger partial charge is 0.493 e. The first-order chi connectivity index (χ1) is 11.1. The molecule has 0 bridgehead atoms. The monoisotopic (exact) mass is 312 g/mol. The maximum atomic E-state index is 13.1. The van der Waals surface area contributed by atoms with Crippen molar-refractivity contribution in [2.24, 2.45) is 11.6 Å². The number of hydrogen-bond donors (Lipinski definition) is 3. The third kappa shape index (κ3) is 4.46. The molecule has 0 spiro atoms. The van der Waals surface area contributed by atoms with E-state index < -0.39 is 0 Å². The number of nitrogens with two attached hydrogens (primary N) is 2. The van der Waals surface area contributed by atoms with Crippen LogP contribution in [0.25, 0.3) is 5.70 Å². The van der Waals surface area contributed by atoms with E-state index in [2.05, 4.69) is 5.43 Å². The lowest BCUT2D eigenvalue weighted by Gasteiger charge is -2.09. The van der Waals surface area contributed by atoms with E-state index in [9.17, 15) is 4.39 Å². The van der Waals surface area contributed by atoms with E-state index in [1.165, 1.54) is 12.1 Å². The lowest BCUT2D eigenvalue weighted by Crippen LogP contribution is -2.23. The van der Waals surface area contributed by atoms with Gasteiger partial charge in [0.25, 0.3) is 0 Å². The van der Waals surface area contributed by atoms with Gasteiger partial charge < -0.3 is 15.9 Å². The van der Waals surface area contributed by atoms with Crippen molar-refractivity contribution in [2.45, 2.75) is 6.42 Å². The van der Waals surface area contributed by atoms with Crippen molar-refractivity contribution in [3.8, 4) is 11.8 Å². The summed E-state index contributed by atoms with van der Waals surface area (Å²) >= 11 is 0. The number of benzene rings is 2. The number of nitrogens with zero attached hydrogens (tertiary/aromatic N) is 1. The van der Waals surface area contributed by atoms with Gasteiger partial charge in [0.2, 0.25) is 0 Å². The molecule has 2 aromatic rings. The molecule has 118 valence electrons. The average molecular weight is 312 g/mol. The molecule has 5 N–H and O–H groups in total. The van der Waals surface area contributed by atoms with Crippen LogP contribution in [0.3, 0.4) is 0 Å². The van der Waals surface area contributed by atoms with Crippen LogP contribution < -0.4 is 21.7 Å². The molecule has 0 amide bonds. The fourth-order valence-electron chi connectivity index (χ4n) is 2.05. The fraction of sp³-hybridized carbons (Fsp3) is 0.118. The highest BCUT2D eigenvalue weighted by Gasteiger charge is 2.06. The third-order valence-corrected chi connectivity index (χ3v) is 3.22. The van der Waals surface area contributed by atoms with E-state index in [1.807, 2.05) is 12.1 Å². The molecule has 6 heteroatoms. The Balaban J connectivity index is 2.03. The second-order valence-corrected chi connectivity index (χ2v) is 4.80. The fourth-order valence-corrected chi connectivity index (χ4v) is 2.05. The van der Waals surface area contributed by atoms with E-state index in [0.717, 1.165) is 5.56 Å². The van der Waals surface area contributed by atoms with Crippen LogP contribution in [0.5, 0.6) is 5.75 Å². The second-order valence-electron chi connectivity index (χ2n) is 4.80. The molecule has 2 aromatic carbocycles. The summed E-state index contributed by atoms with van der Waals surface area (Å²) in [6.07, 6.45) is 0.584. The summed E-state index contributed by atoms with van der Waals surface area (Å²) in [7, 11) is 0. The molecular formula is C17H17FN4O. The average Bonchev–Trinajstić information content (AvgIpc) is 2.56. The van der Waals surface area contributed by atoms with E-state index in [1.54, 1.807) is 30.3 Å². The molecule has 0 aliphatic carbocycles. The van der Waals surface area contributed by atoms with E-state index >= 15 is 0 Å². The highest BCUT2D eigenvalue weighted by atomic mass is 19.1. The Morgan fingerprint density at radius 3 is 2.70 bits per heavy atom. The second kappa shape index (κ2) is 7.82. The minimum Gasteiger partial charge on any atom is -0.493 e. The molecule has 0 saturated heterocycles. The van der Waals surface area contributed by atoms with E-state index in [0.29, 0.717) is 24.3 Å². The van der Waals surface area contributed by atoms with Gasteiger partial charge >= 0.3 is 0 Å². The summed E-state index contributed by atoms with van der Waals surface area (Å²) in [5.74, 6) is 5.59. The van der Waals surface area contributed by atoms with Crippen LogP contribution in [0, 0.1) is 17.1 Å².